The quantitative estimate of drug-likeness (QED) is 0.592. The Balaban J connectivity index is 3.52. The lowest BCUT2D eigenvalue weighted by atomic mass is 10.1. The van der Waals surface area contributed by atoms with Gasteiger partial charge in [-0.2, -0.15) is 8.42 Å². The molecule has 1 rings (SSSR count). The maximum Gasteiger partial charge on any atom is 0.306 e. The Morgan fingerprint density at radius 3 is 2.11 bits per heavy atom. The number of hydrogen-bond acceptors (Lipinski definition) is 6. The molecule has 1 aromatic rings. The van der Waals surface area contributed by atoms with Gasteiger partial charge in [-0.25, -0.2) is 0 Å². The highest BCUT2D eigenvalue weighted by molar-refractivity contribution is 7.86. The number of rotatable bonds is 5. The third-order valence-electron chi connectivity index (χ3n) is 2.23. The standard InChI is InChI=1S/C11H14O6S/c1-7-10(15-2)8(6-12)5-9(11(7)16-3)17-18(4,13)14/h5-6H,1-4H3. The average Bonchev–Trinajstić information content (AvgIpc) is 2.26. The molecule has 6 nitrogen and oxygen atoms in total. The van der Waals surface area contributed by atoms with Crippen LogP contribution < -0.4 is 13.7 Å². The second-order valence-corrected chi connectivity index (χ2v) is 5.14. The van der Waals surface area contributed by atoms with Gasteiger partial charge in [0.2, 0.25) is 0 Å². The molecule has 0 N–H and O–H groups in total. The Labute approximate surface area is 106 Å². The molecule has 0 saturated carbocycles. The van der Waals surface area contributed by atoms with Gasteiger partial charge in [-0.15, -0.1) is 0 Å². The third kappa shape index (κ3) is 2.92. The Morgan fingerprint density at radius 1 is 1.17 bits per heavy atom. The topological polar surface area (TPSA) is 78.9 Å². The molecular weight excluding hydrogens is 260 g/mol. The number of carbonyl (C=O) groups is 1. The highest BCUT2D eigenvalue weighted by Gasteiger charge is 2.20. The van der Waals surface area contributed by atoms with Gasteiger partial charge < -0.3 is 13.7 Å². The minimum Gasteiger partial charge on any atom is -0.496 e. The lowest BCUT2D eigenvalue weighted by molar-refractivity contribution is 0.112. The second kappa shape index (κ2) is 5.26. The summed E-state index contributed by atoms with van der Waals surface area (Å²) < 4.78 is 37.2. The molecule has 0 aliphatic heterocycles. The van der Waals surface area contributed by atoms with Gasteiger partial charge in [-0.3, -0.25) is 4.79 Å². The van der Waals surface area contributed by atoms with Crippen molar-refractivity contribution in [2.24, 2.45) is 0 Å². The molecular formula is C11H14O6S. The van der Waals surface area contributed by atoms with Crippen molar-refractivity contribution < 1.29 is 26.9 Å². The first-order valence-corrected chi connectivity index (χ1v) is 6.76. The van der Waals surface area contributed by atoms with E-state index in [0.717, 1.165) is 6.26 Å². The molecule has 18 heavy (non-hydrogen) atoms. The van der Waals surface area contributed by atoms with Crippen molar-refractivity contribution in [3.8, 4) is 17.2 Å². The first-order valence-electron chi connectivity index (χ1n) is 4.94. The molecule has 1 aromatic carbocycles. The van der Waals surface area contributed by atoms with Crippen LogP contribution in [0.2, 0.25) is 0 Å². The van der Waals surface area contributed by atoms with Crippen LogP contribution >= 0.6 is 0 Å². The van der Waals surface area contributed by atoms with Crippen molar-refractivity contribution in [2.45, 2.75) is 6.92 Å². The second-order valence-electron chi connectivity index (χ2n) is 3.56. The van der Waals surface area contributed by atoms with E-state index in [4.69, 9.17) is 13.7 Å². The summed E-state index contributed by atoms with van der Waals surface area (Å²) in [6.45, 7) is 1.64. The molecule has 0 saturated heterocycles. The zero-order chi connectivity index (χ0) is 13.9. The summed E-state index contributed by atoms with van der Waals surface area (Å²) in [5, 5.41) is 0. The van der Waals surface area contributed by atoms with Crippen molar-refractivity contribution in [3.63, 3.8) is 0 Å². The molecule has 100 valence electrons. The van der Waals surface area contributed by atoms with Crippen LogP contribution in [0.4, 0.5) is 0 Å². The van der Waals surface area contributed by atoms with Gasteiger partial charge in [0.15, 0.2) is 17.8 Å². The Hall–Kier alpha value is -1.76. The van der Waals surface area contributed by atoms with Crippen LogP contribution in [0.25, 0.3) is 0 Å². The Kier molecular flexibility index (Phi) is 4.18. The van der Waals surface area contributed by atoms with E-state index in [-0.39, 0.29) is 17.1 Å². The Bertz CT molecular complexity index is 561. The van der Waals surface area contributed by atoms with Crippen molar-refractivity contribution >= 4 is 16.4 Å². The molecule has 0 atom stereocenters. The van der Waals surface area contributed by atoms with Crippen LogP contribution in [0, 0.1) is 6.92 Å². The SMILES string of the molecule is COc1c(C=O)cc(OS(C)(=O)=O)c(OC)c1C. The molecule has 0 aromatic heterocycles. The first-order chi connectivity index (χ1) is 8.34. The van der Waals surface area contributed by atoms with Crippen molar-refractivity contribution in [3.05, 3.63) is 17.2 Å². The summed E-state index contributed by atoms with van der Waals surface area (Å²) in [6, 6.07) is 1.26. The molecule has 0 aliphatic rings. The van der Waals surface area contributed by atoms with E-state index in [0.29, 0.717) is 17.6 Å². The summed E-state index contributed by atoms with van der Waals surface area (Å²) >= 11 is 0. The van der Waals surface area contributed by atoms with Crippen molar-refractivity contribution in [1.82, 2.24) is 0 Å². The zero-order valence-corrected chi connectivity index (χ0v) is 11.3. The maximum absolute atomic E-state index is 11.1. The molecule has 0 heterocycles. The zero-order valence-electron chi connectivity index (χ0n) is 10.5. The van der Waals surface area contributed by atoms with Crippen LogP contribution in [0.15, 0.2) is 6.07 Å². The van der Waals surface area contributed by atoms with Gasteiger partial charge in [-0.1, -0.05) is 0 Å². The number of hydrogen-bond donors (Lipinski definition) is 0. The predicted octanol–water partition coefficient (Wildman–Crippen LogP) is 1.16. The van der Waals surface area contributed by atoms with Gasteiger partial charge in [0.05, 0.1) is 26.0 Å². The minimum atomic E-state index is -3.71. The van der Waals surface area contributed by atoms with Crippen LogP contribution in [-0.2, 0) is 10.1 Å². The van der Waals surface area contributed by atoms with E-state index >= 15 is 0 Å². The first kappa shape index (κ1) is 14.3. The normalized spacial score (nSPS) is 10.9. The molecule has 0 bridgehead atoms. The lowest BCUT2D eigenvalue weighted by Gasteiger charge is -2.15. The van der Waals surface area contributed by atoms with Gasteiger partial charge in [0, 0.05) is 11.6 Å². The van der Waals surface area contributed by atoms with E-state index in [1.165, 1.54) is 20.3 Å². The largest absolute Gasteiger partial charge is 0.496 e. The number of methoxy groups -OCH3 is 2. The third-order valence-corrected chi connectivity index (χ3v) is 2.71. The van der Waals surface area contributed by atoms with Crippen LogP contribution in [0.5, 0.6) is 17.2 Å². The highest BCUT2D eigenvalue weighted by Crippen LogP contribution is 2.39. The number of ether oxygens (including phenoxy) is 2. The summed E-state index contributed by atoms with van der Waals surface area (Å²) in [7, 11) is -0.927. The summed E-state index contributed by atoms with van der Waals surface area (Å²) in [5.41, 5.74) is 0.678. The maximum atomic E-state index is 11.1. The van der Waals surface area contributed by atoms with E-state index in [9.17, 15) is 13.2 Å². The molecule has 0 radical (unpaired) electrons. The molecule has 0 fully saturated rings. The average molecular weight is 274 g/mol. The fourth-order valence-electron chi connectivity index (χ4n) is 1.61. The van der Waals surface area contributed by atoms with Gasteiger partial charge in [0.1, 0.15) is 5.75 Å². The van der Waals surface area contributed by atoms with Gasteiger partial charge >= 0.3 is 10.1 Å². The molecule has 0 unspecified atom stereocenters. The summed E-state index contributed by atoms with van der Waals surface area (Å²) in [4.78, 5) is 10.9. The highest BCUT2D eigenvalue weighted by atomic mass is 32.2. The fraction of sp³-hybridized carbons (Fsp3) is 0.364. The van der Waals surface area contributed by atoms with Crippen molar-refractivity contribution in [1.29, 1.82) is 0 Å². The molecule has 7 heteroatoms. The van der Waals surface area contributed by atoms with E-state index in [1.807, 2.05) is 0 Å². The molecule has 0 aliphatic carbocycles. The Morgan fingerprint density at radius 2 is 1.72 bits per heavy atom. The summed E-state index contributed by atoms with van der Waals surface area (Å²) in [5.74, 6) is 0.492. The van der Waals surface area contributed by atoms with Gasteiger partial charge in [0.25, 0.3) is 0 Å². The smallest absolute Gasteiger partial charge is 0.306 e. The predicted molar refractivity (Wildman–Crippen MR) is 65.1 cm³/mol. The number of benzene rings is 1. The van der Waals surface area contributed by atoms with Crippen LogP contribution in [0.3, 0.4) is 0 Å². The van der Waals surface area contributed by atoms with Gasteiger partial charge in [-0.05, 0) is 6.92 Å². The van der Waals surface area contributed by atoms with Crippen LogP contribution in [0.1, 0.15) is 15.9 Å². The van der Waals surface area contributed by atoms with E-state index < -0.39 is 10.1 Å². The summed E-state index contributed by atoms with van der Waals surface area (Å²) in [6.07, 6.45) is 1.47. The van der Waals surface area contributed by atoms with E-state index in [1.54, 1.807) is 6.92 Å². The number of aldehydes is 1. The number of carbonyl (C=O) groups excluding carboxylic acids is 1. The van der Waals surface area contributed by atoms with E-state index in [2.05, 4.69) is 0 Å². The minimum absolute atomic E-state index is 0.0413. The monoisotopic (exact) mass is 274 g/mol. The molecule has 0 amide bonds. The van der Waals surface area contributed by atoms with Crippen LogP contribution in [-0.4, -0.2) is 35.2 Å². The molecule has 0 spiro atoms. The van der Waals surface area contributed by atoms with Crippen molar-refractivity contribution in [2.75, 3.05) is 20.5 Å². The lowest BCUT2D eigenvalue weighted by Crippen LogP contribution is -2.08. The fourth-order valence-corrected chi connectivity index (χ4v) is 2.06.